The van der Waals surface area contributed by atoms with E-state index in [-0.39, 0.29) is 36.4 Å². The minimum atomic E-state index is -4.53. The van der Waals surface area contributed by atoms with Crippen LogP contribution in [-0.4, -0.2) is 35.9 Å². The second kappa shape index (κ2) is 7.97. The number of nitrogens with one attached hydrogen (secondary N) is 1. The van der Waals surface area contributed by atoms with Gasteiger partial charge in [0.1, 0.15) is 5.75 Å². The number of ether oxygens (including phenoxy) is 1. The quantitative estimate of drug-likeness (QED) is 0.829. The molecule has 144 valence electrons. The van der Waals surface area contributed by atoms with Crippen LogP contribution in [0.15, 0.2) is 18.2 Å². The predicted molar refractivity (Wildman–Crippen MR) is 90.8 cm³/mol. The van der Waals surface area contributed by atoms with Crippen LogP contribution >= 0.6 is 0 Å². The molecule has 2 amide bonds. The van der Waals surface area contributed by atoms with Crippen molar-refractivity contribution in [3.05, 3.63) is 23.8 Å². The molecule has 1 aromatic carbocycles. The second-order valence-corrected chi connectivity index (χ2v) is 6.59. The van der Waals surface area contributed by atoms with Gasteiger partial charge in [-0.15, -0.1) is 0 Å². The van der Waals surface area contributed by atoms with Gasteiger partial charge in [0.2, 0.25) is 11.8 Å². The van der Waals surface area contributed by atoms with Gasteiger partial charge in [0.15, 0.2) is 0 Å². The van der Waals surface area contributed by atoms with Gasteiger partial charge in [-0.05, 0) is 38.5 Å². The van der Waals surface area contributed by atoms with Crippen LogP contribution in [0, 0.1) is 5.92 Å². The number of amides is 2. The van der Waals surface area contributed by atoms with Gasteiger partial charge in [-0.25, -0.2) is 0 Å². The fourth-order valence-electron chi connectivity index (χ4n) is 2.78. The van der Waals surface area contributed by atoms with Gasteiger partial charge in [0.25, 0.3) is 0 Å². The molecule has 1 saturated heterocycles. The number of alkyl halides is 3. The zero-order valence-corrected chi connectivity index (χ0v) is 15.0. The number of anilines is 1. The van der Waals surface area contributed by atoms with E-state index in [0.717, 1.165) is 12.1 Å². The first-order valence-electron chi connectivity index (χ1n) is 8.57. The lowest BCUT2D eigenvalue weighted by molar-refractivity contribution is -0.137. The van der Waals surface area contributed by atoms with Crippen molar-refractivity contribution in [1.82, 2.24) is 4.90 Å². The monoisotopic (exact) mass is 372 g/mol. The highest BCUT2D eigenvalue weighted by atomic mass is 19.4. The number of carbonyl (C=O) groups is 2. The second-order valence-electron chi connectivity index (χ2n) is 6.59. The van der Waals surface area contributed by atoms with Crippen LogP contribution in [0.3, 0.4) is 0 Å². The molecule has 1 aromatic rings. The third-order valence-electron chi connectivity index (χ3n) is 4.18. The summed E-state index contributed by atoms with van der Waals surface area (Å²) < 4.78 is 44.4. The van der Waals surface area contributed by atoms with Crippen molar-refractivity contribution in [3.63, 3.8) is 0 Å². The summed E-state index contributed by atoms with van der Waals surface area (Å²) in [6.45, 7) is 6.14. The normalized spacial score (nSPS) is 17.7. The fraction of sp³-hybridized carbons (Fsp3) is 0.556. The Bertz CT molecular complexity index is 674. The Balaban J connectivity index is 2.20. The number of halogens is 3. The number of likely N-dealkylation sites (tertiary alicyclic amines) is 1. The third kappa shape index (κ3) is 4.68. The van der Waals surface area contributed by atoms with Crippen molar-refractivity contribution in [2.45, 2.75) is 45.8 Å². The van der Waals surface area contributed by atoms with E-state index in [4.69, 9.17) is 4.74 Å². The molecule has 26 heavy (non-hydrogen) atoms. The van der Waals surface area contributed by atoms with E-state index in [2.05, 4.69) is 5.32 Å². The van der Waals surface area contributed by atoms with E-state index >= 15 is 0 Å². The highest BCUT2D eigenvalue weighted by Crippen LogP contribution is 2.35. The predicted octanol–water partition coefficient (Wildman–Crippen LogP) is 3.69. The summed E-state index contributed by atoms with van der Waals surface area (Å²) in [6.07, 6.45) is -3.80. The summed E-state index contributed by atoms with van der Waals surface area (Å²) >= 11 is 0. The van der Waals surface area contributed by atoms with Crippen LogP contribution in [-0.2, 0) is 15.8 Å². The molecule has 0 unspecified atom stereocenters. The molecular weight excluding hydrogens is 349 g/mol. The first-order valence-corrected chi connectivity index (χ1v) is 8.57. The Kier molecular flexibility index (Phi) is 6.15. The van der Waals surface area contributed by atoms with Crippen molar-refractivity contribution in [2.75, 3.05) is 18.5 Å². The number of benzene rings is 1. The van der Waals surface area contributed by atoms with Gasteiger partial charge in [-0.1, -0.05) is 6.92 Å². The van der Waals surface area contributed by atoms with Crippen molar-refractivity contribution < 1.29 is 27.5 Å². The van der Waals surface area contributed by atoms with E-state index in [0.29, 0.717) is 13.0 Å². The van der Waals surface area contributed by atoms with Crippen molar-refractivity contribution in [1.29, 1.82) is 0 Å². The maximum atomic E-state index is 13.0. The largest absolute Gasteiger partial charge is 0.491 e. The minimum Gasteiger partial charge on any atom is -0.491 e. The van der Waals surface area contributed by atoms with Gasteiger partial charge in [-0.3, -0.25) is 9.59 Å². The number of hydrogen-bond acceptors (Lipinski definition) is 3. The average Bonchev–Trinajstić information content (AvgIpc) is 2.95. The number of rotatable bonds is 6. The van der Waals surface area contributed by atoms with E-state index < -0.39 is 23.6 Å². The maximum absolute atomic E-state index is 13.0. The van der Waals surface area contributed by atoms with Gasteiger partial charge >= 0.3 is 6.18 Å². The summed E-state index contributed by atoms with van der Waals surface area (Å²) in [7, 11) is 0. The van der Waals surface area contributed by atoms with Crippen LogP contribution in [0.4, 0.5) is 18.9 Å². The molecule has 1 heterocycles. The Hall–Kier alpha value is -2.25. The Morgan fingerprint density at radius 1 is 1.38 bits per heavy atom. The molecule has 5 nitrogen and oxygen atoms in total. The molecule has 1 fully saturated rings. The van der Waals surface area contributed by atoms with Gasteiger partial charge < -0.3 is 15.0 Å². The zero-order valence-electron chi connectivity index (χ0n) is 15.0. The van der Waals surface area contributed by atoms with Crippen LogP contribution in [0.25, 0.3) is 0 Å². The first-order chi connectivity index (χ1) is 12.1. The van der Waals surface area contributed by atoms with Crippen LogP contribution in [0.1, 0.15) is 39.2 Å². The molecule has 2 rings (SSSR count). The lowest BCUT2D eigenvalue weighted by Crippen LogP contribution is -2.33. The minimum absolute atomic E-state index is 0.0303. The molecule has 0 bridgehead atoms. The lowest BCUT2D eigenvalue weighted by Gasteiger charge is -2.21. The molecular formula is C18H23F3N2O3. The van der Waals surface area contributed by atoms with E-state index in [9.17, 15) is 22.8 Å². The molecule has 0 radical (unpaired) electrons. The van der Waals surface area contributed by atoms with Gasteiger partial charge in [-0.2, -0.15) is 13.2 Å². The standard InChI is InChI=1S/C18H23F3N2O3/c1-4-7-26-15-6-5-13(18(19,20)21)9-14(15)22-17(25)12-8-16(24)23(10-12)11(2)3/h5-6,9,11-12H,4,7-8,10H2,1-3H3,(H,22,25)/t12-/m1/s1. The molecule has 1 aliphatic heterocycles. The fourth-order valence-corrected chi connectivity index (χ4v) is 2.78. The van der Waals surface area contributed by atoms with Gasteiger partial charge in [0, 0.05) is 19.0 Å². The Morgan fingerprint density at radius 3 is 2.62 bits per heavy atom. The average molecular weight is 372 g/mol. The topological polar surface area (TPSA) is 58.6 Å². The molecule has 8 heteroatoms. The van der Waals surface area contributed by atoms with Crippen molar-refractivity contribution in [2.24, 2.45) is 5.92 Å². The highest BCUT2D eigenvalue weighted by molar-refractivity contribution is 5.98. The Labute approximate surface area is 150 Å². The smallest absolute Gasteiger partial charge is 0.416 e. The molecule has 0 aromatic heterocycles. The SMILES string of the molecule is CCCOc1ccc(C(F)(F)F)cc1NC(=O)[C@@H]1CC(=O)N(C(C)C)C1. The molecule has 0 aliphatic carbocycles. The number of carbonyl (C=O) groups excluding carboxylic acids is 2. The van der Waals surface area contributed by atoms with Crippen LogP contribution in [0.2, 0.25) is 0 Å². The van der Waals surface area contributed by atoms with E-state index in [1.165, 1.54) is 6.07 Å². The number of nitrogens with zero attached hydrogens (tertiary/aromatic N) is 1. The summed E-state index contributed by atoms with van der Waals surface area (Å²) in [6, 6.07) is 2.95. The van der Waals surface area contributed by atoms with Crippen LogP contribution < -0.4 is 10.1 Å². The zero-order chi connectivity index (χ0) is 19.5. The Morgan fingerprint density at radius 2 is 2.08 bits per heavy atom. The van der Waals surface area contributed by atoms with Crippen molar-refractivity contribution >= 4 is 17.5 Å². The highest BCUT2D eigenvalue weighted by Gasteiger charge is 2.36. The summed E-state index contributed by atoms with van der Waals surface area (Å²) in [4.78, 5) is 26.0. The molecule has 0 spiro atoms. The molecule has 1 N–H and O–H groups in total. The van der Waals surface area contributed by atoms with E-state index in [1.807, 2.05) is 20.8 Å². The molecule has 1 aliphatic rings. The molecule has 0 saturated carbocycles. The summed E-state index contributed by atoms with van der Waals surface area (Å²) in [5.74, 6) is -1.04. The first kappa shape index (κ1) is 20.1. The van der Waals surface area contributed by atoms with E-state index in [1.54, 1.807) is 4.90 Å². The summed E-state index contributed by atoms with van der Waals surface area (Å²) in [5, 5.41) is 2.51. The maximum Gasteiger partial charge on any atom is 0.416 e. The number of hydrogen-bond donors (Lipinski definition) is 1. The lowest BCUT2D eigenvalue weighted by atomic mass is 10.1. The summed E-state index contributed by atoms with van der Waals surface area (Å²) in [5.41, 5.74) is -0.906. The van der Waals surface area contributed by atoms with Crippen LogP contribution in [0.5, 0.6) is 5.75 Å². The van der Waals surface area contributed by atoms with Crippen molar-refractivity contribution in [3.8, 4) is 5.75 Å². The third-order valence-corrected chi connectivity index (χ3v) is 4.18. The molecule has 1 atom stereocenters. The van der Waals surface area contributed by atoms with Gasteiger partial charge in [0.05, 0.1) is 23.8 Å².